The Morgan fingerprint density at radius 1 is 1.50 bits per heavy atom. The predicted molar refractivity (Wildman–Crippen MR) is 72.5 cm³/mol. The third kappa shape index (κ3) is 3.20. The van der Waals surface area contributed by atoms with Crippen LogP contribution in [0.15, 0.2) is 29.3 Å². The van der Waals surface area contributed by atoms with Crippen LogP contribution < -0.4 is 10.4 Å². The molecule has 0 aliphatic carbocycles. The summed E-state index contributed by atoms with van der Waals surface area (Å²) in [5.41, 5.74) is 0.671. The number of hydrogen-bond donors (Lipinski definition) is 1. The van der Waals surface area contributed by atoms with Crippen molar-refractivity contribution in [1.82, 2.24) is 5.32 Å². The minimum absolute atomic E-state index is 0. The first-order valence-corrected chi connectivity index (χ1v) is 5.49. The van der Waals surface area contributed by atoms with Crippen molar-refractivity contribution in [3.05, 3.63) is 29.8 Å². The molecule has 0 aromatic heterocycles. The van der Waals surface area contributed by atoms with Crippen molar-refractivity contribution in [2.45, 2.75) is 6.92 Å². The third-order valence-corrected chi connectivity index (χ3v) is 2.58. The summed E-state index contributed by atoms with van der Waals surface area (Å²) in [7, 11) is 0. The number of carbonyl (C=O) groups is 1. The molecule has 0 amide bonds. The van der Waals surface area contributed by atoms with Crippen molar-refractivity contribution in [3.63, 3.8) is 0 Å². The molecule has 1 heterocycles. The molecular weight excluding hydrogens is 257 g/mol. The second kappa shape index (κ2) is 6.35. The van der Waals surface area contributed by atoms with Gasteiger partial charge in [0, 0.05) is 12.1 Å². The number of rotatable bonds is 4. The van der Waals surface area contributed by atoms with Crippen molar-refractivity contribution in [2.75, 3.05) is 24.8 Å². The van der Waals surface area contributed by atoms with Gasteiger partial charge in [0.1, 0.15) is 12.4 Å². The Balaban J connectivity index is 0.00000162. The lowest BCUT2D eigenvalue weighted by atomic mass is 10.1. The second-order valence-corrected chi connectivity index (χ2v) is 3.85. The summed E-state index contributed by atoms with van der Waals surface area (Å²) in [4.78, 5) is 15.5. The average molecular weight is 272 g/mol. The van der Waals surface area contributed by atoms with Crippen molar-refractivity contribution in [1.29, 1.82) is 0 Å². The van der Waals surface area contributed by atoms with E-state index in [0.717, 1.165) is 6.54 Å². The highest BCUT2D eigenvalue weighted by Gasteiger charge is 2.16. The van der Waals surface area contributed by atoms with Crippen LogP contribution in [0.4, 0.5) is 10.2 Å². The molecule has 0 saturated heterocycles. The summed E-state index contributed by atoms with van der Waals surface area (Å²) in [6.07, 6.45) is 0. The van der Waals surface area contributed by atoms with E-state index in [0.29, 0.717) is 23.1 Å². The van der Waals surface area contributed by atoms with Crippen LogP contribution in [0.1, 0.15) is 17.3 Å². The standard InChI is InChI=1S/C12H14FN3O.ClH/c1-9(17)10-4-2-3-5-11(10)16(13)8-12-14-6-7-15-12;/h2-5H,6-8H2,1H3,(H,14,15);1H. The van der Waals surface area contributed by atoms with Gasteiger partial charge < -0.3 is 5.32 Å². The Kier molecular flexibility index (Phi) is 5.09. The van der Waals surface area contributed by atoms with Gasteiger partial charge in [-0.05, 0) is 19.1 Å². The Labute approximate surface area is 111 Å². The molecule has 0 spiro atoms. The van der Waals surface area contributed by atoms with Crippen LogP contribution in [0.3, 0.4) is 0 Å². The molecule has 0 radical (unpaired) electrons. The topological polar surface area (TPSA) is 44.7 Å². The molecule has 6 heteroatoms. The number of ketones is 1. The highest BCUT2D eigenvalue weighted by molar-refractivity contribution is 6.00. The van der Waals surface area contributed by atoms with Gasteiger partial charge in [0.2, 0.25) is 0 Å². The van der Waals surface area contributed by atoms with Crippen molar-refractivity contribution in [2.24, 2.45) is 4.99 Å². The van der Waals surface area contributed by atoms with Crippen LogP contribution in [0.5, 0.6) is 0 Å². The van der Waals surface area contributed by atoms with E-state index in [4.69, 9.17) is 0 Å². The van der Waals surface area contributed by atoms with E-state index in [2.05, 4.69) is 10.3 Å². The van der Waals surface area contributed by atoms with E-state index in [1.165, 1.54) is 6.92 Å². The van der Waals surface area contributed by atoms with Gasteiger partial charge in [-0.2, -0.15) is 0 Å². The first kappa shape index (κ1) is 14.4. The second-order valence-electron chi connectivity index (χ2n) is 3.85. The third-order valence-electron chi connectivity index (χ3n) is 2.58. The molecule has 1 aromatic rings. The highest BCUT2D eigenvalue weighted by Crippen LogP contribution is 2.21. The van der Waals surface area contributed by atoms with Crippen LogP contribution in [-0.2, 0) is 0 Å². The molecule has 0 bridgehead atoms. The number of carbonyl (C=O) groups excluding carboxylic acids is 1. The van der Waals surface area contributed by atoms with E-state index in [1.807, 2.05) is 0 Å². The number of hydrogen-bond acceptors (Lipinski definition) is 4. The van der Waals surface area contributed by atoms with Gasteiger partial charge >= 0.3 is 0 Å². The maximum absolute atomic E-state index is 14.0. The lowest BCUT2D eigenvalue weighted by Gasteiger charge is -2.16. The normalized spacial score (nSPS) is 13.3. The molecule has 1 aliphatic heterocycles. The van der Waals surface area contributed by atoms with Crippen molar-refractivity contribution >= 4 is 29.7 Å². The number of amidine groups is 1. The van der Waals surface area contributed by atoms with Gasteiger partial charge in [-0.1, -0.05) is 16.6 Å². The number of Topliss-reactive ketones (excluding diaryl/α,β-unsaturated/α-hetero) is 1. The van der Waals surface area contributed by atoms with Crippen LogP contribution in [0, 0.1) is 0 Å². The minimum atomic E-state index is -0.149. The molecule has 1 N–H and O–H groups in total. The van der Waals surface area contributed by atoms with Gasteiger partial charge in [0.25, 0.3) is 0 Å². The Morgan fingerprint density at radius 3 is 2.83 bits per heavy atom. The maximum Gasteiger partial charge on any atom is 0.161 e. The predicted octanol–water partition coefficient (Wildman–Crippen LogP) is 2.00. The zero-order valence-corrected chi connectivity index (χ0v) is 10.8. The summed E-state index contributed by atoms with van der Waals surface area (Å²) >= 11 is 0. The maximum atomic E-state index is 14.0. The molecule has 18 heavy (non-hydrogen) atoms. The minimum Gasteiger partial charge on any atom is -0.370 e. The van der Waals surface area contributed by atoms with E-state index in [9.17, 15) is 9.28 Å². The van der Waals surface area contributed by atoms with Gasteiger partial charge in [0.15, 0.2) is 5.78 Å². The van der Waals surface area contributed by atoms with Crippen LogP contribution in [0.2, 0.25) is 0 Å². The Bertz CT molecular complexity index is 464. The molecular formula is C12H15ClFN3O. The van der Waals surface area contributed by atoms with E-state index < -0.39 is 0 Å². The molecule has 1 aliphatic rings. The van der Waals surface area contributed by atoms with E-state index >= 15 is 0 Å². The number of aliphatic imine (C=N–C) groups is 1. The Hall–Kier alpha value is -1.62. The largest absolute Gasteiger partial charge is 0.370 e. The molecule has 98 valence electrons. The smallest absolute Gasteiger partial charge is 0.161 e. The number of benzene rings is 1. The first-order valence-electron chi connectivity index (χ1n) is 5.49. The zero-order valence-electron chi connectivity index (χ0n) is 10.0. The van der Waals surface area contributed by atoms with Crippen LogP contribution in [0.25, 0.3) is 0 Å². The van der Waals surface area contributed by atoms with Crippen molar-refractivity contribution in [3.8, 4) is 0 Å². The summed E-state index contributed by atoms with van der Waals surface area (Å²) in [6.45, 7) is 2.90. The number of nitrogens with zero attached hydrogens (tertiary/aromatic N) is 2. The van der Waals surface area contributed by atoms with Gasteiger partial charge in [-0.25, -0.2) is 5.12 Å². The van der Waals surface area contributed by atoms with Gasteiger partial charge in [-0.15, -0.1) is 12.4 Å². The SMILES string of the molecule is CC(=O)c1ccccc1N(F)CC1=NCCN1.Cl. The van der Waals surface area contributed by atoms with Crippen LogP contribution in [-0.4, -0.2) is 31.3 Å². The van der Waals surface area contributed by atoms with E-state index in [1.54, 1.807) is 24.3 Å². The number of nitrogens with one attached hydrogen (secondary N) is 1. The first-order chi connectivity index (χ1) is 8.18. The number of anilines is 1. The van der Waals surface area contributed by atoms with Gasteiger partial charge in [0.05, 0.1) is 12.2 Å². The number of halogens is 2. The summed E-state index contributed by atoms with van der Waals surface area (Å²) < 4.78 is 14.0. The zero-order chi connectivity index (χ0) is 12.3. The highest BCUT2D eigenvalue weighted by atomic mass is 35.5. The molecule has 1 aromatic carbocycles. The number of para-hydroxylation sites is 1. The quantitative estimate of drug-likeness (QED) is 0.673. The molecule has 4 nitrogen and oxygen atoms in total. The Morgan fingerprint density at radius 2 is 2.22 bits per heavy atom. The summed E-state index contributed by atoms with van der Waals surface area (Å²) in [5, 5.41) is 3.54. The molecule has 0 unspecified atom stereocenters. The fraction of sp³-hybridized carbons (Fsp3) is 0.333. The fourth-order valence-electron chi connectivity index (χ4n) is 1.75. The molecule has 0 saturated carbocycles. The molecule has 0 fully saturated rings. The fourth-order valence-corrected chi connectivity index (χ4v) is 1.75. The summed E-state index contributed by atoms with van der Waals surface area (Å²) in [6, 6.07) is 6.64. The van der Waals surface area contributed by atoms with Crippen molar-refractivity contribution < 1.29 is 9.28 Å². The molecule has 2 rings (SSSR count). The van der Waals surface area contributed by atoms with E-state index in [-0.39, 0.29) is 30.4 Å². The summed E-state index contributed by atoms with van der Waals surface area (Å²) in [5.74, 6) is 0.468. The lowest BCUT2D eigenvalue weighted by molar-refractivity contribution is 0.101. The monoisotopic (exact) mass is 271 g/mol. The molecule has 0 atom stereocenters. The van der Waals surface area contributed by atoms with Gasteiger partial charge in [-0.3, -0.25) is 9.79 Å². The van der Waals surface area contributed by atoms with Crippen LogP contribution >= 0.6 is 12.4 Å². The average Bonchev–Trinajstić information content (AvgIpc) is 2.81. The lowest BCUT2D eigenvalue weighted by Crippen LogP contribution is -2.31.